The second kappa shape index (κ2) is 6.83. The van der Waals surface area contributed by atoms with Gasteiger partial charge in [0, 0.05) is 11.3 Å². The molecule has 7 nitrogen and oxygen atoms in total. The molecule has 2 heterocycles. The number of anilines is 1. The molecule has 8 heteroatoms. The van der Waals surface area contributed by atoms with Crippen LogP contribution in [0.1, 0.15) is 16.1 Å². The van der Waals surface area contributed by atoms with Crippen molar-refractivity contribution in [2.45, 2.75) is 6.92 Å². The van der Waals surface area contributed by atoms with Gasteiger partial charge in [0.25, 0.3) is 5.91 Å². The quantitative estimate of drug-likeness (QED) is 0.598. The Balaban J connectivity index is 1.52. The van der Waals surface area contributed by atoms with E-state index in [1.807, 2.05) is 0 Å². The molecule has 134 valence electrons. The van der Waals surface area contributed by atoms with Gasteiger partial charge < -0.3 is 9.84 Å². The predicted octanol–water partition coefficient (Wildman–Crippen LogP) is 3.62. The van der Waals surface area contributed by atoms with Crippen LogP contribution in [-0.2, 0) is 0 Å². The van der Waals surface area contributed by atoms with Crippen LogP contribution < -0.4 is 5.32 Å². The third-order valence-electron chi connectivity index (χ3n) is 4.09. The van der Waals surface area contributed by atoms with Crippen molar-refractivity contribution in [1.82, 2.24) is 19.9 Å². The predicted molar refractivity (Wildman–Crippen MR) is 95.9 cm³/mol. The lowest BCUT2D eigenvalue weighted by Crippen LogP contribution is -2.13. The number of rotatable bonds is 4. The number of nitrogens with zero attached hydrogens (tertiary/aromatic N) is 4. The average molecular weight is 363 g/mol. The lowest BCUT2D eigenvalue weighted by molar-refractivity contribution is 0.102. The lowest BCUT2D eigenvalue weighted by Gasteiger charge is -2.07. The molecule has 4 rings (SSSR count). The summed E-state index contributed by atoms with van der Waals surface area (Å²) in [5.74, 6) is -0.136. The molecule has 1 N–H and O–H groups in total. The summed E-state index contributed by atoms with van der Waals surface area (Å²) in [7, 11) is 0. The van der Waals surface area contributed by atoms with E-state index in [1.165, 1.54) is 24.7 Å². The Morgan fingerprint density at radius 3 is 2.52 bits per heavy atom. The van der Waals surface area contributed by atoms with E-state index in [9.17, 15) is 9.18 Å². The number of aromatic nitrogens is 4. The molecule has 0 unspecified atom stereocenters. The maximum atomic E-state index is 13.1. The Kier molecular flexibility index (Phi) is 4.21. The fraction of sp³-hybridized carbons (Fsp3) is 0.0526. The third-order valence-corrected chi connectivity index (χ3v) is 4.09. The fourth-order valence-electron chi connectivity index (χ4n) is 2.67. The van der Waals surface area contributed by atoms with Crippen molar-refractivity contribution in [3.63, 3.8) is 0 Å². The van der Waals surface area contributed by atoms with Gasteiger partial charge in [0.1, 0.15) is 5.82 Å². The smallest absolute Gasteiger partial charge is 0.259 e. The number of nitrogens with one attached hydrogen (secondary N) is 1. The summed E-state index contributed by atoms with van der Waals surface area (Å²) in [5, 5.41) is 10.8. The summed E-state index contributed by atoms with van der Waals surface area (Å²) in [5.41, 5.74) is 3.17. The highest BCUT2D eigenvalue weighted by Crippen LogP contribution is 2.20. The number of amides is 1. The number of hydrogen-bond acceptors (Lipinski definition) is 5. The summed E-state index contributed by atoms with van der Waals surface area (Å²) < 4.78 is 19.4. The van der Waals surface area contributed by atoms with E-state index in [4.69, 9.17) is 4.52 Å². The summed E-state index contributed by atoms with van der Waals surface area (Å²) in [6.07, 6.45) is 2.74. The minimum absolute atomic E-state index is 0.284. The van der Waals surface area contributed by atoms with Crippen molar-refractivity contribution in [3.05, 3.63) is 78.2 Å². The van der Waals surface area contributed by atoms with E-state index in [0.717, 1.165) is 5.56 Å². The van der Waals surface area contributed by atoms with Crippen molar-refractivity contribution in [2.24, 2.45) is 0 Å². The molecular formula is C19H14FN5O2. The first-order valence-electron chi connectivity index (χ1n) is 8.10. The summed E-state index contributed by atoms with van der Waals surface area (Å²) >= 11 is 0. The average Bonchev–Trinajstić information content (AvgIpc) is 3.33. The van der Waals surface area contributed by atoms with Crippen molar-refractivity contribution in [2.75, 3.05) is 5.32 Å². The second-order valence-corrected chi connectivity index (χ2v) is 5.82. The Bertz CT molecular complexity index is 1070. The zero-order valence-corrected chi connectivity index (χ0v) is 14.3. The van der Waals surface area contributed by atoms with Gasteiger partial charge in [0.15, 0.2) is 0 Å². The van der Waals surface area contributed by atoms with E-state index in [2.05, 4.69) is 20.6 Å². The molecule has 0 saturated heterocycles. The first kappa shape index (κ1) is 16.6. The Hall–Kier alpha value is -3.81. The molecule has 0 spiro atoms. The van der Waals surface area contributed by atoms with Crippen molar-refractivity contribution in [1.29, 1.82) is 0 Å². The van der Waals surface area contributed by atoms with E-state index >= 15 is 0 Å². The largest absolute Gasteiger partial charge is 0.342 e. The Morgan fingerprint density at radius 2 is 1.85 bits per heavy atom. The number of carbonyl (C=O) groups is 1. The summed E-state index contributed by atoms with van der Waals surface area (Å²) in [6.45, 7) is 1.78. The summed E-state index contributed by atoms with van der Waals surface area (Å²) in [4.78, 5) is 16.6. The van der Waals surface area contributed by atoms with E-state index in [-0.39, 0.29) is 11.7 Å². The third kappa shape index (κ3) is 3.32. The van der Waals surface area contributed by atoms with Gasteiger partial charge in [-0.05, 0) is 55.5 Å². The highest BCUT2D eigenvalue weighted by molar-refractivity contribution is 6.05. The number of hydrogen-bond donors (Lipinski definition) is 1. The van der Waals surface area contributed by atoms with Crippen LogP contribution in [0.15, 0.2) is 65.6 Å². The molecule has 0 aliphatic carbocycles. The molecule has 0 bridgehead atoms. The maximum absolute atomic E-state index is 13.1. The van der Waals surface area contributed by atoms with Gasteiger partial charge >= 0.3 is 0 Å². The molecule has 0 aliphatic rings. The SMILES string of the molecule is Cc1c(C(=O)Nc2ccc(-c3ncon3)cc2)cnn1-c1ccc(F)cc1. The first-order valence-corrected chi connectivity index (χ1v) is 8.10. The first-order chi connectivity index (χ1) is 13.1. The van der Waals surface area contributed by atoms with Gasteiger partial charge in [-0.3, -0.25) is 4.79 Å². The van der Waals surface area contributed by atoms with Crippen LogP contribution in [0.4, 0.5) is 10.1 Å². The van der Waals surface area contributed by atoms with Crippen LogP contribution >= 0.6 is 0 Å². The molecule has 0 radical (unpaired) electrons. The number of carbonyl (C=O) groups excluding carboxylic acids is 1. The zero-order valence-electron chi connectivity index (χ0n) is 14.3. The van der Waals surface area contributed by atoms with Gasteiger partial charge in [0.05, 0.1) is 23.1 Å². The molecule has 0 saturated carbocycles. The van der Waals surface area contributed by atoms with E-state index in [1.54, 1.807) is 48.0 Å². The van der Waals surface area contributed by atoms with E-state index in [0.29, 0.717) is 28.5 Å². The lowest BCUT2D eigenvalue weighted by atomic mass is 10.2. The van der Waals surface area contributed by atoms with Crippen LogP contribution in [0, 0.1) is 12.7 Å². The van der Waals surface area contributed by atoms with Crippen LogP contribution in [0.3, 0.4) is 0 Å². The molecule has 2 aromatic carbocycles. The number of benzene rings is 2. The molecule has 0 atom stereocenters. The minimum Gasteiger partial charge on any atom is -0.342 e. The van der Waals surface area contributed by atoms with Crippen LogP contribution in [-0.4, -0.2) is 25.8 Å². The van der Waals surface area contributed by atoms with Crippen LogP contribution in [0.5, 0.6) is 0 Å². The molecule has 27 heavy (non-hydrogen) atoms. The maximum Gasteiger partial charge on any atom is 0.259 e. The zero-order chi connectivity index (χ0) is 18.8. The molecule has 2 aromatic heterocycles. The van der Waals surface area contributed by atoms with Gasteiger partial charge in [-0.25, -0.2) is 9.07 Å². The second-order valence-electron chi connectivity index (χ2n) is 5.82. The monoisotopic (exact) mass is 363 g/mol. The molecular weight excluding hydrogens is 349 g/mol. The van der Waals surface area contributed by atoms with E-state index < -0.39 is 0 Å². The molecule has 0 aliphatic heterocycles. The molecule has 4 aromatic rings. The highest BCUT2D eigenvalue weighted by Gasteiger charge is 2.15. The van der Waals surface area contributed by atoms with Crippen molar-refractivity contribution >= 4 is 11.6 Å². The molecule has 1 amide bonds. The van der Waals surface area contributed by atoms with Crippen LogP contribution in [0.25, 0.3) is 17.1 Å². The van der Waals surface area contributed by atoms with Gasteiger partial charge in [0.2, 0.25) is 12.2 Å². The highest BCUT2D eigenvalue weighted by atomic mass is 19.1. The fourth-order valence-corrected chi connectivity index (χ4v) is 2.67. The van der Waals surface area contributed by atoms with Gasteiger partial charge in [-0.2, -0.15) is 10.1 Å². The topological polar surface area (TPSA) is 85.8 Å². The summed E-state index contributed by atoms with van der Waals surface area (Å²) in [6, 6.07) is 13.0. The Labute approximate surface area is 153 Å². The number of halogens is 1. The van der Waals surface area contributed by atoms with Crippen molar-refractivity contribution < 1.29 is 13.7 Å². The standard InChI is InChI=1S/C19H14FN5O2/c1-12-17(10-22-25(12)16-8-4-14(20)5-9-16)19(26)23-15-6-2-13(3-7-15)18-21-11-27-24-18/h2-11H,1H3,(H,23,26). The van der Waals surface area contributed by atoms with Crippen molar-refractivity contribution in [3.8, 4) is 17.1 Å². The Morgan fingerprint density at radius 1 is 1.11 bits per heavy atom. The molecule has 0 fully saturated rings. The van der Waals surface area contributed by atoms with Crippen LogP contribution in [0.2, 0.25) is 0 Å². The normalized spacial score (nSPS) is 10.7. The van der Waals surface area contributed by atoms with Gasteiger partial charge in [-0.15, -0.1) is 0 Å². The minimum atomic E-state index is -0.328. The van der Waals surface area contributed by atoms with Gasteiger partial charge in [-0.1, -0.05) is 5.16 Å².